The number of rotatable bonds is 7. The summed E-state index contributed by atoms with van der Waals surface area (Å²) in [5.41, 5.74) is 0. The SMILES string of the molecule is [CH2+]CC(COC)OCC(C)CC.[CH3-]. The summed E-state index contributed by atoms with van der Waals surface area (Å²) in [4.78, 5) is 0. The van der Waals surface area contributed by atoms with Gasteiger partial charge in [0.1, 0.15) is 12.5 Å². The summed E-state index contributed by atoms with van der Waals surface area (Å²) < 4.78 is 10.6. The molecule has 0 radical (unpaired) electrons. The molecule has 2 heteroatoms. The second-order valence-corrected chi connectivity index (χ2v) is 3.21. The lowest BCUT2D eigenvalue weighted by atomic mass is 10.1. The number of ether oxygens (including phenoxy) is 2. The zero-order valence-corrected chi connectivity index (χ0v) is 9.51. The highest BCUT2D eigenvalue weighted by Gasteiger charge is 2.10. The number of methoxy groups -OCH3 is 1. The quantitative estimate of drug-likeness (QED) is 0.572. The van der Waals surface area contributed by atoms with Crippen molar-refractivity contribution >= 4 is 0 Å². The summed E-state index contributed by atoms with van der Waals surface area (Å²) in [6.07, 6.45) is 2.12. The Morgan fingerprint density at radius 2 is 1.92 bits per heavy atom. The lowest BCUT2D eigenvalue weighted by Crippen LogP contribution is -2.21. The smallest absolute Gasteiger partial charge is 0.121 e. The predicted molar refractivity (Wildman–Crippen MR) is 57.5 cm³/mol. The standard InChI is InChI=1S/C10H21O2.CH3/c1-5-9(3)7-12-10(6-2)8-11-4;/h9-10H,2,5-8H2,1,3-4H3;1H3/q+1;-1. The Balaban J connectivity index is 0. The molecule has 0 N–H and O–H groups in total. The molecule has 0 bridgehead atoms. The number of hydrogen-bond donors (Lipinski definition) is 0. The third-order valence-electron chi connectivity index (χ3n) is 1.99. The van der Waals surface area contributed by atoms with Gasteiger partial charge in [0, 0.05) is 13.7 Å². The Bertz CT molecular complexity index is 94.1. The van der Waals surface area contributed by atoms with Crippen molar-refractivity contribution < 1.29 is 9.47 Å². The largest absolute Gasteiger partial charge is 0.382 e. The zero-order valence-electron chi connectivity index (χ0n) is 9.51. The molecular weight excluding hydrogens is 164 g/mol. The third kappa shape index (κ3) is 8.13. The van der Waals surface area contributed by atoms with Gasteiger partial charge in [-0.15, -0.1) is 0 Å². The molecule has 0 saturated carbocycles. The molecule has 0 rings (SSSR count). The van der Waals surface area contributed by atoms with E-state index in [0.717, 1.165) is 19.4 Å². The molecule has 0 amide bonds. The molecule has 0 saturated heterocycles. The van der Waals surface area contributed by atoms with Crippen LogP contribution < -0.4 is 0 Å². The fourth-order valence-electron chi connectivity index (χ4n) is 0.819. The minimum atomic E-state index is 0. The highest BCUT2D eigenvalue weighted by Crippen LogP contribution is 2.05. The van der Waals surface area contributed by atoms with Crippen molar-refractivity contribution in [3.63, 3.8) is 0 Å². The monoisotopic (exact) mass is 188 g/mol. The predicted octanol–water partition coefficient (Wildman–Crippen LogP) is 2.74. The van der Waals surface area contributed by atoms with Crippen LogP contribution in [-0.2, 0) is 9.47 Å². The third-order valence-corrected chi connectivity index (χ3v) is 1.99. The summed E-state index contributed by atoms with van der Waals surface area (Å²) in [5.74, 6) is 0.635. The van der Waals surface area contributed by atoms with Crippen molar-refractivity contribution in [3.8, 4) is 0 Å². The van der Waals surface area contributed by atoms with Gasteiger partial charge >= 0.3 is 0 Å². The van der Waals surface area contributed by atoms with Crippen LogP contribution in [0.2, 0.25) is 0 Å². The summed E-state index contributed by atoms with van der Waals surface area (Å²) in [5, 5.41) is 0. The van der Waals surface area contributed by atoms with E-state index in [1.165, 1.54) is 0 Å². The van der Waals surface area contributed by atoms with E-state index < -0.39 is 0 Å². The Hall–Kier alpha value is -0.210. The second kappa shape index (κ2) is 9.87. The van der Waals surface area contributed by atoms with Crippen LogP contribution in [0.4, 0.5) is 0 Å². The lowest BCUT2D eigenvalue weighted by Gasteiger charge is -2.15. The van der Waals surface area contributed by atoms with Crippen molar-refractivity contribution in [1.29, 1.82) is 0 Å². The molecule has 0 aromatic carbocycles. The summed E-state index contributed by atoms with van der Waals surface area (Å²) in [6, 6.07) is 0. The van der Waals surface area contributed by atoms with Crippen molar-refractivity contribution in [2.24, 2.45) is 5.92 Å². The van der Waals surface area contributed by atoms with Gasteiger partial charge in [0.2, 0.25) is 0 Å². The Morgan fingerprint density at radius 1 is 1.31 bits per heavy atom. The molecule has 80 valence electrons. The van der Waals surface area contributed by atoms with Crippen LogP contribution in [-0.4, -0.2) is 26.4 Å². The maximum atomic E-state index is 5.60. The van der Waals surface area contributed by atoms with Gasteiger partial charge in [-0.2, -0.15) is 0 Å². The van der Waals surface area contributed by atoms with Crippen LogP contribution >= 0.6 is 0 Å². The summed E-state index contributed by atoms with van der Waals surface area (Å²) in [7, 11) is 1.69. The summed E-state index contributed by atoms with van der Waals surface area (Å²) in [6.45, 7) is 9.63. The Kier molecular flexibility index (Phi) is 11.6. The normalized spacial score (nSPS) is 14.7. The van der Waals surface area contributed by atoms with E-state index in [2.05, 4.69) is 20.8 Å². The zero-order chi connectivity index (χ0) is 9.40. The van der Waals surface area contributed by atoms with Crippen molar-refractivity contribution in [2.75, 3.05) is 20.3 Å². The van der Waals surface area contributed by atoms with Gasteiger partial charge in [-0.05, 0) is 5.92 Å². The molecule has 0 aromatic heterocycles. The van der Waals surface area contributed by atoms with Crippen LogP contribution in [0.15, 0.2) is 0 Å². The van der Waals surface area contributed by atoms with Gasteiger partial charge in [0.15, 0.2) is 0 Å². The first-order chi connectivity index (χ1) is 5.74. The molecular formula is C11H24O2. The molecule has 0 aliphatic heterocycles. The van der Waals surface area contributed by atoms with Crippen LogP contribution in [0.5, 0.6) is 0 Å². The molecule has 0 aliphatic carbocycles. The van der Waals surface area contributed by atoms with Crippen molar-refractivity contribution in [1.82, 2.24) is 0 Å². The highest BCUT2D eigenvalue weighted by atomic mass is 16.5. The van der Waals surface area contributed by atoms with E-state index >= 15 is 0 Å². The molecule has 0 fully saturated rings. The molecule has 13 heavy (non-hydrogen) atoms. The van der Waals surface area contributed by atoms with Crippen LogP contribution in [0.3, 0.4) is 0 Å². The first-order valence-electron chi connectivity index (χ1n) is 4.64. The highest BCUT2D eigenvalue weighted by molar-refractivity contribution is 4.59. The van der Waals surface area contributed by atoms with E-state index in [0.29, 0.717) is 12.5 Å². The molecule has 0 spiro atoms. The van der Waals surface area contributed by atoms with Crippen LogP contribution in [0.25, 0.3) is 0 Å². The van der Waals surface area contributed by atoms with E-state index in [4.69, 9.17) is 9.47 Å². The molecule has 2 atom stereocenters. The lowest BCUT2D eigenvalue weighted by molar-refractivity contribution is -0.0136. The maximum Gasteiger partial charge on any atom is 0.121 e. The first-order valence-corrected chi connectivity index (χ1v) is 4.64. The average molecular weight is 188 g/mol. The summed E-state index contributed by atoms with van der Waals surface area (Å²) >= 11 is 0. The fourth-order valence-corrected chi connectivity index (χ4v) is 0.819. The van der Waals surface area contributed by atoms with Gasteiger partial charge in [-0.25, -0.2) is 0 Å². The van der Waals surface area contributed by atoms with Crippen LogP contribution in [0.1, 0.15) is 26.7 Å². The maximum absolute atomic E-state index is 5.60. The molecule has 0 aromatic rings. The van der Waals surface area contributed by atoms with Crippen LogP contribution in [0, 0.1) is 20.3 Å². The van der Waals surface area contributed by atoms with E-state index in [9.17, 15) is 0 Å². The van der Waals surface area contributed by atoms with Gasteiger partial charge in [-0.3, -0.25) is 0 Å². The van der Waals surface area contributed by atoms with Crippen molar-refractivity contribution in [3.05, 3.63) is 14.4 Å². The first kappa shape index (κ1) is 15.3. The minimum absolute atomic E-state index is 0. The van der Waals surface area contributed by atoms with E-state index in [-0.39, 0.29) is 13.5 Å². The van der Waals surface area contributed by atoms with Gasteiger partial charge in [-0.1, -0.05) is 20.3 Å². The molecule has 2 unspecified atom stereocenters. The van der Waals surface area contributed by atoms with Gasteiger partial charge in [0.05, 0.1) is 13.5 Å². The topological polar surface area (TPSA) is 18.5 Å². The van der Waals surface area contributed by atoms with E-state index in [1.807, 2.05) is 0 Å². The van der Waals surface area contributed by atoms with Gasteiger partial charge in [0.25, 0.3) is 0 Å². The molecule has 2 nitrogen and oxygen atoms in total. The second-order valence-electron chi connectivity index (χ2n) is 3.21. The number of hydrogen-bond acceptors (Lipinski definition) is 2. The molecule has 0 heterocycles. The molecule has 0 aliphatic rings. The minimum Gasteiger partial charge on any atom is -0.382 e. The Morgan fingerprint density at radius 3 is 2.31 bits per heavy atom. The fraction of sp³-hybridized carbons (Fsp3) is 0.818. The van der Waals surface area contributed by atoms with E-state index in [1.54, 1.807) is 7.11 Å². The van der Waals surface area contributed by atoms with Crippen molar-refractivity contribution in [2.45, 2.75) is 32.8 Å². The average Bonchev–Trinajstić information content (AvgIpc) is 2.11. The van der Waals surface area contributed by atoms with Gasteiger partial charge < -0.3 is 16.9 Å². The Labute approximate surface area is 83.6 Å².